The molecule has 1 rings (SSSR count). The number of nitrogens with one attached hydrogen (secondary N) is 1. The highest BCUT2D eigenvalue weighted by Crippen LogP contribution is 2.22. The van der Waals surface area contributed by atoms with E-state index in [1.165, 1.54) is 0 Å². The predicted molar refractivity (Wildman–Crippen MR) is 72.0 cm³/mol. The number of hydrogen-bond acceptors (Lipinski definition) is 4. The molecule has 0 radical (unpaired) electrons. The number of unbranched alkanes of at least 4 members (excludes halogenated alkanes) is 1. The Bertz CT molecular complexity index is 385. The van der Waals surface area contributed by atoms with E-state index in [-0.39, 0.29) is 23.3 Å². The lowest BCUT2D eigenvalue weighted by molar-refractivity contribution is -0.140. The maximum absolute atomic E-state index is 11.7. The Morgan fingerprint density at radius 1 is 1.42 bits per heavy atom. The topological polar surface area (TPSA) is 73.2 Å². The van der Waals surface area contributed by atoms with Crippen LogP contribution >= 0.6 is 0 Å². The van der Waals surface area contributed by atoms with Gasteiger partial charge in [0.2, 0.25) is 11.8 Å². The maximum Gasteiger partial charge on any atom is 0.243 e. The number of amides is 2. The Morgan fingerprint density at radius 2 is 2.11 bits per heavy atom. The summed E-state index contributed by atoms with van der Waals surface area (Å²) in [6, 6.07) is 2.09. The molecule has 2 amide bonds. The summed E-state index contributed by atoms with van der Waals surface area (Å²) in [5.74, 6) is -0.400. The fraction of sp³-hybridized carbons (Fsp3) is 0.786. The van der Waals surface area contributed by atoms with E-state index in [0.29, 0.717) is 13.0 Å². The number of nitrogens with zero attached hydrogens (tertiary/aromatic N) is 2. The summed E-state index contributed by atoms with van der Waals surface area (Å²) in [5.41, 5.74) is -0.292. The number of imide groups is 1. The second kappa shape index (κ2) is 6.67. The van der Waals surface area contributed by atoms with E-state index >= 15 is 0 Å². The first-order chi connectivity index (χ1) is 8.89. The van der Waals surface area contributed by atoms with Crippen LogP contribution < -0.4 is 5.32 Å². The Labute approximate surface area is 115 Å². The van der Waals surface area contributed by atoms with Crippen molar-refractivity contribution in [3.05, 3.63) is 0 Å². The summed E-state index contributed by atoms with van der Waals surface area (Å²) >= 11 is 0. The van der Waals surface area contributed by atoms with Crippen molar-refractivity contribution in [3.63, 3.8) is 0 Å². The van der Waals surface area contributed by atoms with Crippen LogP contribution in [0.5, 0.6) is 0 Å². The second-order valence-electron chi connectivity index (χ2n) is 5.76. The molecule has 0 aliphatic carbocycles. The molecule has 5 heteroatoms. The molecular formula is C14H23N3O2. The maximum atomic E-state index is 11.7. The molecule has 1 heterocycles. The molecule has 1 N–H and O–H groups in total. The molecule has 1 aliphatic heterocycles. The van der Waals surface area contributed by atoms with E-state index in [1.807, 2.05) is 25.7 Å². The molecule has 0 saturated carbocycles. The highest BCUT2D eigenvalue weighted by Gasteiger charge is 2.31. The average molecular weight is 265 g/mol. The van der Waals surface area contributed by atoms with Crippen molar-refractivity contribution in [2.75, 3.05) is 13.1 Å². The number of carbonyl (C=O) groups is 2. The third kappa shape index (κ3) is 4.64. The number of carbonyl (C=O) groups excluding carboxylic acids is 2. The standard InChI is InChI=1S/C14H23N3O2/c1-4-11-13(19)16-12(18)9-17(11)8-6-5-7-14(2,3)10-15/h11H,4-9H2,1-3H3,(H,16,18,19). The molecule has 106 valence electrons. The monoisotopic (exact) mass is 265 g/mol. The molecule has 0 spiro atoms. The van der Waals surface area contributed by atoms with Crippen molar-refractivity contribution < 1.29 is 9.59 Å². The van der Waals surface area contributed by atoms with Gasteiger partial charge in [-0.05, 0) is 39.7 Å². The third-order valence-electron chi connectivity index (χ3n) is 3.54. The van der Waals surface area contributed by atoms with E-state index in [2.05, 4.69) is 11.4 Å². The molecule has 0 aromatic carbocycles. The molecule has 19 heavy (non-hydrogen) atoms. The van der Waals surface area contributed by atoms with Gasteiger partial charge in [-0.1, -0.05) is 13.3 Å². The Hall–Kier alpha value is -1.41. The van der Waals surface area contributed by atoms with Crippen molar-refractivity contribution in [2.24, 2.45) is 5.41 Å². The Balaban J connectivity index is 2.40. The van der Waals surface area contributed by atoms with Crippen LogP contribution in [-0.4, -0.2) is 35.8 Å². The summed E-state index contributed by atoms with van der Waals surface area (Å²) in [5, 5.41) is 11.3. The van der Waals surface area contributed by atoms with Gasteiger partial charge in [0.05, 0.1) is 24.1 Å². The van der Waals surface area contributed by atoms with Crippen LogP contribution in [0, 0.1) is 16.7 Å². The summed E-state index contributed by atoms with van der Waals surface area (Å²) in [4.78, 5) is 25.0. The fourth-order valence-electron chi connectivity index (χ4n) is 2.34. The molecule has 0 aromatic heterocycles. The van der Waals surface area contributed by atoms with E-state index in [9.17, 15) is 9.59 Å². The highest BCUT2D eigenvalue weighted by molar-refractivity contribution is 6.01. The second-order valence-corrected chi connectivity index (χ2v) is 5.76. The van der Waals surface area contributed by atoms with Gasteiger partial charge in [-0.25, -0.2) is 0 Å². The summed E-state index contributed by atoms with van der Waals surface area (Å²) in [6.07, 6.45) is 3.39. The highest BCUT2D eigenvalue weighted by atomic mass is 16.2. The van der Waals surface area contributed by atoms with E-state index in [4.69, 9.17) is 5.26 Å². The van der Waals surface area contributed by atoms with Crippen LogP contribution in [-0.2, 0) is 9.59 Å². The van der Waals surface area contributed by atoms with Crippen molar-refractivity contribution in [1.82, 2.24) is 10.2 Å². The average Bonchev–Trinajstić information content (AvgIpc) is 2.34. The van der Waals surface area contributed by atoms with Gasteiger partial charge in [0, 0.05) is 0 Å². The lowest BCUT2D eigenvalue weighted by Gasteiger charge is -2.33. The molecular weight excluding hydrogens is 242 g/mol. The third-order valence-corrected chi connectivity index (χ3v) is 3.54. The molecule has 5 nitrogen and oxygen atoms in total. The lowest BCUT2D eigenvalue weighted by Crippen LogP contribution is -2.57. The van der Waals surface area contributed by atoms with Gasteiger partial charge in [0.15, 0.2) is 0 Å². The van der Waals surface area contributed by atoms with Crippen LogP contribution in [0.15, 0.2) is 0 Å². The van der Waals surface area contributed by atoms with Crippen LogP contribution in [0.2, 0.25) is 0 Å². The number of piperazine rings is 1. The van der Waals surface area contributed by atoms with Crippen LogP contribution in [0.25, 0.3) is 0 Å². The quantitative estimate of drug-likeness (QED) is 0.582. The summed E-state index contributed by atoms with van der Waals surface area (Å²) < 4.78 is 0. The zero-order valence-electron chi connectivity index (χ0n) is 12.0. The van der Waals surface area contributed by atoms with Gasteiger partial charge in [-0.3, -0.25) is 19.8 Å². The van der Waals surface area contributed by atoms with Gasteiger partial charge >= 0.3 is 0 Å². The SMILES string of the molecule is CCC1C(=O)NC(=O)CN1CCCCC(C)(C)C#N. The van der Waals surface area contributed by atoms with Gasteiger partial charge in [0.1, 0.15) is 0 Å². The van der Waals surface area contributed by atoms with E-state index < -0.39 is 0 Å². The van der Waals surface area contributed by atoms with E-state index in [1.54, 1.807) is 0 Å². The minimum absolute atomic E-state index is 0.184. The van der Waals surface area contributed by atoms with Crippen LogP contribution in [0.3, 0.4) is 0 Å². The minimum atomic E-state index is -0.292. The van der Waals surface area contributed by atoms with Crippen LogP contribution in [0.1, 0.15) is 46.5 Å². The molecule has 0 aromatic rings. The molecule has 1 fully saturated rings. The van der Waals surface area contributed by atoms with Gasteiger partial charge in [-0.2, -0.15) is 5.26 Å². The number of rotatable bonds is 6. The summed E-state index contributed by atoms with van der Waals surface area (Å²) in [7, 11) is 0. The van der Waals surface area contributed by atoms with Crippen molar-refractivity contribution in [1.29, 1.82) is 5.26 Å². The summed E-state index contributed by atoms with van der Waals surface area (Å²) in [6.45, 7) is 6.84. The Kier molecular flexibility index (Phi) is 5.49. The van der Waals surface area contributed by atoms with Crippen LogP contribution in [0.4, 0.5) is 0 Å². The first kappa shape index (κ1) is 15.6. The molecule has 1 aliphatic rings. The number of hydrogen-bond donors (Lipinski definition) is 1. The molecule has 1 atom stereocenters. The van der Waals surface area contributed by atoms with Gasteiger partial charge in [0.25, 0.3) is 0 Å². The van der Waals surface area contributed by atoms with Gasteiger partial charge in [-0.15, -0.1) is 0 Å². The first-order valence-corrected chi connectivity index (χ1v) is 6.88. The smallest absolute Gasteiger partial charge is 0.243 e. The molecule has 0 bridgehead atoms. The lowest BCUT2D eigenvalue weighted by atomic mass is 9.89. The van der Waals surface area contributed by atoms with Crippen molar-refractivity contribution >= 4 is 11.8 Å². The minimum Gasteiger partial charge on any atom is -0.294 e. The molecule has 1 saturated heterocycles. The number of nitriles is 1. The van der Waals surface area contributed by atoms with Crippen molar-refractivity contribution in [2.45, 2.75) is 52.5 Å². The first-order valence-electron chi connectivity index (χ1n) is 6.88. The van der Waals surface area contributed by atoms with Gasteiger partial charge < -0.3 is 0 Å². The zero-order valence-corrected chi connectivity index (χ0v) is 12.0. The predicted octanol–water partition coefficient (Wildman–Crippen LogP) is 1.44. The van der Waals surface area contributed by atoms with Crippen molar-refractivity contribution in [3.8, 4) is 6.07 Å². The normalized spacial score (nSPS) is 21.1. The molecule has 1 unspecified atom stereocenters. The zero-order chi connectivity index (χ0) is 14.5. The Morgan fingerprint density at radius 3 is 2.68 bits per heavy atom. The van der Waals surface area contributed by atoms with E-state index in [0.717, 1.165) is 25.8 Å². The largest absolute Gasteiger partial charge is 0.294 e. The fourth-order valence-corrected chi connectivity index (χ4v) is 2.34.